The number of rotatable bonds is 8. The van der Waals surface area contributed by atoms with Crippen molar-refractivity contribution in [2.75, 3.05) is 13.6 Å². The average molecular weight is 324 g/mol. The zero-order valence-electron chi connectivity index (χ0n) is 16.7. The van der Waals surface area contributed by atoms with Gasteiger partial charge in [0.2, 0.25) is 0 Å². The van der Waals surface area contributed by atoms with E-state index in [1.165, 1.54) is 25.7 Å². The van der Waals surface area contributed by atoms with Crippen LogP contribution in [0.5, 0.6) is 0 Å². The molecule has 1 aliphatic rings. The average Bonchev–Trinajstić information content (AvgIpc) is 2.47. The van der Waals surface area contributed by atoms with Gasteiger partial charge in [-0.2, -0.15) is 0 Å². The van der Waals surface area contributed by atoms with Gasteiger partial charge in [-0.15, -0.1) is 6.58 Å². The Kier molecular flexibility index (Phi) is 8.30. The van der Waals surface area contributed by atoms with Gasteiger partial charge in [-0.25, -0.2) is 0 Å². The minimum atomic E-state index is 0.242. The third kappa shape index (κ3) is 6.23. The lowest BCUT2D eigenvalue weighted by molar-refractivity contribution is -0.0694. The molecule has 1 fully saturated rings. The molecule has 0 aromatic heterocycles. The van der Waals surface area contributed by atoms with E-state index in [9.17, 15) is 0 Å². The molecule has 3 atom stereocenters. The van der Waals surface area contributed by atoms with Gasteiger partial charge in [0.05, 0.1) is 12.2 Å². The van der Waals surface area contributed by atoms with Crippen LogP contribution in [0.1, 0.15) is 67.2 Å². The van der Waals surface area contributed by atoms with E-state index in [0.717, 1.165) is 12.5 Å². The first-order valence-electron chi connectivity index (χ1n) is 9.63. The van der Waals surface area contributed by atoms with Gasteiger partial charge in [-0.05, 0) is 55.9 Å². The van der Waals surface area contributed by atoms with Gasteiger partial charge < -0.3 is 10.1 Å². The van der Waals surface area contributed by atoms with Crippen molar-refractivity contribution in [2.24, 2.45) is 29.1 Å². The fraction of sp³-hybridized carbons (Fsp3) is 0.905. The zero-order chi connectivity index (χ0) is 17.6. The molecule has 0 bridgehead atoms. The van der Waals surface area contributed by atoms with Crippen LogP contribution < -0.4 is 5.32 Å². The van der Waals surface area contributed by atoms with Crippen molar-refractivity contribution >= 4 is 0 Å². The van der Waals surface area contributed by atoms with Crippen molar-refractivity contribution in [3.8, 4) is 0 Å². The van der Waals surface area contributed by atoms with Gasteiger partial charge >= 0.3 is 0 Å². The molecule has 1 unspecified atom stereocenters. The van der Waals surface area contributed by atoms with Gasteiger partial charge in [-0.3, -0.25) is 0 Å². The molecule has 136 valence electrons. The standard InChI is InChI=1S/C21H41NO/c1-9-19(16(4)15(2)3)20(14-22-8)23-18-12-10-17(11-13-18)21(5,6)7/h9,15-20,22H,1,10-14H2,2-8H3/t16-,17-,18-,19+,20?/m1/s1. The number of hydrogen-bond donors (Lipinski definition) is 1. The van der Waals surface area contributed by atoms with Gasteiger partial charge in [0.15, 0.2) is 0 Å². The summed E-state index contributed by atoms with van der Waals surface area (Å²) in [5, 5.41) is 3.33. The van der Waals surface area contributed by atoms with Crippen molar-refractivity contribution in [1.82, 2.24) is 5.32 Å². The Hall–Kier alpha value is -0.340. The van der Waals surface area contributed by atoms with Crippen LogP contribution in [0.25, 0.3) is 0 Å². The quantitative estimate of drug-likeness (QED) is 0.613. The normalized spacial score (nSPS) is 26.8. The molecule has 1 rings (SSSR count). The van der Waals surface area contributed by atoms with Crippen LogP contribution in [-0.2, 0) is 4.74 Å². The maximum Gasteiger partial charge on any atom is 0.0768 e. The van der Waals surface area contributed by atoms with E-state index in [1.54, 1.807) is 0 Å². The molecule has 23 heavy (non-hydrogen) atoms. The van der Waals surface area contributed by atoms with Gasteiger partial charge in [0, 0.05) is 12.5 Å². The minimum Gasteiger partial charge on any atom is -0.373 e. The Morgan fingerprint density at radius 1 is 1.13 bits per heavy atom. The maximum absolute atomic E-state index is 6.58. The number of nitrogens with one attached hydrogen (secondary N) is 1. The molecule has 1 N–H and O–H groups in total. The van der Waals surface area contributed by atoms with Crippen LogP contribution in [0.15, 0.2) is 12.7 Å². The molecule has 0 amide bonds. The molecule has 0 spiro atoms. The lowest BCUT2D eigenvalue weighted by Gasteiger charge is -2.40. The van der Waals surface area contributed by atoms with E-state index >= 15 is 0 Å². The molecule has 0 radical (unpaired) electrons. The first-order valence-corrected chi connectivity index (χ1v) is 9.63. The van der Waals surface area contributed by atoms with Crippen LogP contribution in [0.2, 0.25) is 0 Å². The van der Waals surface area contributed by atoms with Crippen molar-refractivity contribution in [1.29, 1.82) is 0 Å². The predicted molar refractivity (Wildman–Crippen MR) is 102 cm³/mol. The van der Waals surface area contributed by atoms with Crippen LogP contribution in [-0.4, -0.2) is 25.8 Å². The van der Waals surface area contributed by atoms with E-state index in [4.69, 9.17) is 4.74 Å². The summed E-state index contributed by atoms with van der Waals surface area (Å²) < 4.78 is 6.58. The highest BCUT2D eigenvalue weighted by Gasteiger charge is 2.33. The Labute approximate surface area is 145 Å². The summed E-state index contributed by atoms with van der Waals surface area (Å²) in [4.78, 5) is 0. The number of likely N-dealkylation sites (N-methyl/N-ethyl adjacent to an activating group) is 1. The summed E-state index contributed by atoms with van der Waals surface area (Å²) in [5.74, 6) is 2.51. The SMILES string of the molecule is C=C[C@H](C(CNC)O[C@H]1CC[C@H](C(C)(C)C)CC1)[C@H](C)C(C)C. The fourth-order valence-electron chi connectivity index (χ4n) is 3.94. The molecule has 2 heteroatoms. The topological polar surface area (TPSA) is 21.3 Å². The lowest BCUT2D eigenvalue weighted by Crippen LogP contribution is -2.41. The molecule has 0 heterocycles. The fourth-order valence-corrected chi connectivity index (χ4v) is 3.94. The molecular weight excluding hydrogens is 282 g/mol. The third-order valence-corrected chi connectivity index (χ3v) is 6.03. The Morgan fingerprint density at radius 3 is 2.09 bits per heavy atom. The summed E-state index contributed by atoms with van der Waals surface area (Å²) in [7, 11) is 2.02. The molecule has 0 aliphatic heterocycles. The zero-order valence-corrected chi connectivity index (χ0v) is 16.7. The molecule has 0 aromatic carbocycles. The highest BCUT2D eigenvalue weighted by Crippen LogP contribution is 2.39. The summed E-state index contributed by atoms with van der Waals surface area (Å²) in [6.07, 6.45) is 7.81. The van der Waals surface area contributed by atoms with E-state index in [-0.39, 0.29) is 6.10 Å². The van der Waals surface area contributed by atoms with Crippen molar-refractivity contribution in [3.63, 3.8) is 0 Å². The van der Waals surface area contributed by atoms with E-state index < -0.39 is 0 Å². The predicted octanol–water partition coefficient (Wildman–Crippen LogP) is 5.29. The summed E-state index contributed by atoms with van der Waals surface area (Å²) in [5.41, 5.74) is 0.436. The second kappa shape index (κ2) is 9.22. The van der Waals surface area contributed by atoms with Crippen LogP contribution in [0, 0.1) is 29.1 Å². The molecule has 0 aromatic rings. The largest absolute Gasteiger partial charge is 0.373 e. The summed E-state index contributed by atoms with van der Waals surface area (Å²) in [6, 6.07) is 0. The molecule has 1 saturated carbocycles. The first kappa shape index (κ1) is 20.7. The number of hydrogen-bond acceptors (Lipinski definition) is 2. The molecule has 0 saturated heterocycles. The Balaban J connectivity index is 2.64. The van der Waals surface area contributed by atoms with Crippen LogP contribution >= 0.6 is 0 Å². The first-order chi connectivity index (χ1) is 10.7. The van der Waals surface area contributed by atoms with Crippen molar-refractivity contribution in [3.05, 3.63) is 12.7 Å². The van der Waals surface area contributed by atoms with Crippen LogP contribution in [0.3, 0.4) is 0 Å². The van der Waals surface area contributed by atoms with Crippen molar-refractivity contribution < 1.29 is 4.74 Å². The van der Waals surface area contributed by atoms with Gasteiger partial charge in [0.25, 0.3) is 0 Å². The Morgan fingerprint density at radius 2 is 1.70 bits per heavy atom. The second-order valence-electron chi connectivity index (χ2n) is 8.99. The Bertz CT molecular complexity index is 336. The maximum atomic E-state index is 6.58. The lowest BCUT2D eigenvalue weighted by atomic mass is 9.72. The van der Waals surface area contributed by atoms with Crippen molar-refractivity contribution in [2.45, 2.75) is 79.4 Å². The number of ether oxygens (including phenoxy) is 1. The minimum absolute atomic E-state index is 0.242. The summed E-state index contributed by atoms with van der Waals surface area (Å²) >= 11 is 0. The van der Waals surface area contributed by atoms with Gasteiger partial charge in [0.1, 0.15) is 0 Å². The van der Waals surface area contributed by atoms with E-state index in [0.29, 0.717) is 29.3 Å². The second-order valence-corrected chi connectivity index (χ2v) is 8.99. The summed E-state index contributed by atoms with van der Waals surface area (Å²) in [6.45, 7) is 19.1. The highest BCUT2D eigenvalue weighted by molar-refractivity contribution is 4.92. The monoisotopic (exact) mass is 323 g/mol. The molecule has 2 nitrogen and oxygen atoms in total. The van der Waals surface area contributed by atoms with Gasteiger partial charge in [-0.1, -0.05) is 47.6 Å². The van der Waals surface area contributed by atoms with E-state index in [2.05, 4.69) is 59.5 Å². The molecule has 1 aliphatic carbocycles. The van der Waals surface area contributed by atoms with E-state index in [1.807, 2.05) is 7.05 Å². The smallest absolute Gasteiger partial charge is 0.0768 e. The molecular formula is C21H41NO. The highest BCUT2D eigenvalue weighted by atomic mass is 16.5. The third-order valence-electron chi connectivity index (χ3n) is 6.03. The van der Waals surface area contributed by atoms with Crippen LogP contribution in [0.4, 0.5) is 0 Å².